The summed E-state index contributed by atoms with van der Waals surface area (Å²) in [6, 6.07) is 1.95. The summed E-state index contributed by atoms with van der Waals surface area (Å²) in [5.41, 5.74) is 2.09. The van der Waals surface area contributed by atoms with Gasteiger partial charge in [0.15, 0.2) is 0 Å². The lowest BCUT2D eigenvalue weighted by atomic mass is 10.3. The van der Waals surface area contributed by atoms with Gasteiger partial charge in [0.2, 0.25) is 0 Å². The summed E-state index contributed by atoms with van der Waals surface area (Å²) in [5, 5.41) is 0. The van der Waals surface area contributed by atoms with Crippen LogP contribution in [0.2, 0.25) is 0 Å². The van der Waals surface area contributed by atoms with Crippen molar-refractivity contribution in [2.45, 2.75) is 19.3 Å². The molecule has 2 heterocycles. The minimum Gasteiger partial charge on any atom is -0.341 e. The third-order valence-corrected chi connectivity index (χ3v) is 2.51. The average molecular weight is 173 g/mol. The molecule has 0 atom stereocenters. The first-order chi connectivity index (χ1) is 6.42. The first-order valence-corrected chi connectivity index (χ1v) is 4.70. The van der Waals surface area contributed by atoms with Gasteiger partial charge in [0, 0.05) is 12.6 Å². The van der Waals surface area contributed by atoms with Crippen LogP contribution in [0.3, 0.4) is 0 Å². The molecule has 66 valence electrons. The van der Waals surface area contributed by atoms with E-state index < -0.39 is 0 Å². The summed E-state index contributed by atoms with van der Waals surface area (Å²) in [6.45, 7) is 0. The molecule has 0 spiro atoms. The highest BCUT2D eigenvalue weighted by Gasteiger charge is 2.22. The Hall–Kier alpha value is -1.38. The van der Waals surface area contributed by atoms with Crippen molar-refractivity contribution in [1.29, 1.82) is 0 Å². The molecule has 1 aliphatic carbocycles. The lowest BCUT2D eigenvalue weighted by molar-refractivity contribution is 0.787. The maximum absolute atomic E-state index is 4.50. The maximum atomic E-state index is 4.50. The van der Waals surface area contributed by atoms with Crippen molar-refractivity contribution in [2.75, 3.05) is 0 Å². The molecule has 1 saturated carbocycles. The minimum absolute atomic E-state index is 0.883. The predicted molar refractivity (Wildman–Crippen MR) is 50.3 cm³/mol. The molecule has 1 aliphatic rings. The lowest BCUT2D eigenvalue weighted by Crippen LogP contribution is -1.88. The van der Waals surface area contributed by atoms with Crippen molar-refractivity contribution in [3.05, 3.63) is 24.3 Å². The van der Waals surface area contributed by atoms with Crippen molar-refractivity contribution in [2.24, 2.45) is 5.92 Å². The first kappa shape index (κ1) is 7.06. The molecule has 3 nitrogen and oxygen atoms in total. The molecular formula is C10H11N3. The van der Waals surface area contributed by atoms with Gasteiger partial charge in [-0.05, 0) is 24.8 Å². The normalized spacial score (nSPS) is 16.6. The zero-order valence-electron chi connectivity index (χ0n) is 7.33. The monoisotopic (exact) mass is 173 g/mol. The van der Waals surface area contributed by atoms with Crippen molar-refractivity contribution >= 4 is 11.0 Å². The second-order valence-electron chi connectivity index (χ2n) is 3.72. The fraction of sp³-hybridized carbons (Fsp3) is 0.400. The van der Waals surface area contributed by atoms with Gasteiger partial charge in [0.1, 0.15) is 5.82 Å². The molecule has 0 aliphatic heterocycles. The molecule has 2 aromatic heterocycles. The van der Waals surface area contributed by atoms with Gasteiger partial charge in [-0.1, -0.05) is 0 Å². The highest BCUT2D eigenvalue weighted by molar-refractivity contribution is 5.73. The Morgan fingerprint density at radius 2 is 2.38 bits per heavy atom. The summed E-state index contributed by atoms with van der Waals surface area (Å²) in [4.78, 5) is 11.8. The SMILES string of the molecule is c1cc2nc(CC3CC3)[nH]c2cn1. The van der Waals surface area contributed by atoms with Crippen molar-refractivity contribution in [3.63, 3.8) is 0 Å². The molecule has 1 fully saturated rings. The molecule has 0 radical (unpaired) electrons. The van der Waals surface area contributed by atoms with Gasteiger partial charge < -0.3 is 4.98 Å². The van der Waals surface area contributed by atoms with Crippen LogP contribution in [0.25, 0.3) is 11.0 Å². The number of H-pyrrole nitrogens is 1. The van der Waals surface area contributed by atoms with Crippen molar-refractivity contribution < 1.29 is 0 Å². The van der Waals surface area contributed by atoms with Crippen LogP contribution < -0.4 is 0 Å². The van der Waals surface area contributed by atoms with Gasteiger partial charge >= 0.3 is 0 Å². The van der Waals surface area contributed by atoms with Crippen molar-refractivity contribution in [1.82, 2.24) is 15.0 Å². The number of hydrogen-bond donors (Lipinski definition) is 1. The van der Waals surface area contributed by atoms with E-state index in [9.17, 15) is 0 Å². The Bertz CT molecular complexity index is 395. The van der Waals surface area contributed by atoms with Crippen LogP contribution in [0.15, 0.2) is 18.5 Å². The largest absolute Gasteiger partial charge is 0.341 e. The van der Waals surface area contributed by atoms with Crippen molar-refractivity contribution in [3.8, 4) is 0 Å². The van der Waals surface area contributed by atoms with Gasteiger partial charge in [-0.2, -0.15) is 0 Å². The first-order valence-electron chi connectivity index (χ1n) is 4.70. The number of nitrogens with zero attached hydrogens (tertiary/aromatic N) is 2. The van der Waals surface area contributed by atoms with E-state index in [4.69, 9.17) is 0 Å². The molecule has 2 aromatic rings. The third kappa shape index (κ3) is 1.30. The summed E-state index contributed by atoms with van der Waals surface area (Å²) in [7, 11) is 0. The Morgan fingerprint density at radius 3 is 3.15 bits per heavy atom. The predicted octanol–water partition coefficient (Wildman–Crippen LogP) is 1.91. The Kier molecular flexibility index (Phi) is 1.39. The molecule has 0 unspecified atom stereocenters. The summed E-state index contributed by atoms with van der Waals surface area (Å²) in [6.07, 6.45) is 7.46. The fourth-order valence-corrected chi connectivity index (χ4v) is 1.60. The van der Waals surface area contributed by atoms with E-state index in [0.29, 0.717) is 0 Å². The number of aromatic nitrogens is 3. The second-order valence-corrected chi connectivity index (χ2v) is 3.72. The van der Waals surface area contributed by atoms with Crippen LogP contribution >= 0.6 is 0 Å². The quantitative estimate of drug-likeness (QED) is 0.753. The van der Waals surface area contributed by atoms with E-state index in [0.717, 1.165) is 29.2 Å². The average Bonchev–Trinajstić information content (AvgIpc) is 2.85. The summed E-state index contributed by atoms with van der Waals surface area (Å²) < 4.78 is 0. The van der Waals surface area contributed by atoms with E-state index in [-0.39, 0.29) is 0 Å². The van der Waals surface area contributed by atoms with Crippen LogP contribution in [0, 0.1) is 5.92 Å². The summed E-state index contributed by atoms with van der Waals surface area (Å²) >= 11 is 0. The highest BCUT2D eigenvalue weighted by Crippen LogP contribution is 2.32. The topological polar surface area (TPSA) is 41.6 Å². The molecule has 3 heteroatoms. The molecule has 13 heavy (non-hydrogen) atoms. The lowest BCUT2D eigenvalue weighted by Gasteiger charge is -1.89. The van der Waals surface area contributed by atoms with E-state index in [1.807, 2.05) is 12.3 Å². The Labute approximate surface area is 76.2 Å². The minimum atomic E-state index is 0.883. The number of fused-ring (bicyclic) bond motifs is 1. The van der Waals surface area contributed by atoms with Crippen LogP contribution in [0.4, 0.5) is 0 Å². The number of imidazole rings is 1. The molecule has 1 N–H and O–H groups in total. The Balaban J connectivity index is 2.00. The summed E-state index contributed by atoms with van der Waals surface area (Å²) in [5.74, 6) is 2.00. The molecular weight excluding hydrogens is 162 g/mol. The van der Waals surface area contributed by atoms with E-state index in [2.05, 4.69) is 15.0 Å². The van der Waals surface area contributed by atoms with Crippen LogP contribution in [-0.2, 0) is 6.42 Å². The van der Waals surface area contributed by atoms with Crippen LogP contribution in [-0.4, -0.2) is 15.0 Å². The number of aromatic amines is 1. The molecule has 3 rings (SSSR count). The maximum Gasteiger partial charge on any atom is 0.107 e. The number of hydrogen-bond acceptors (Lipinski definition) is 2. The van der Waals surface area contributed by atoms with Gasteiger partial charge in [-0.15, -0.1) is 0 Å². The second kappa shape index (κ2) is 2.55. The third-order valence-electron chi connectivity index (χ3n) is 2.51. The zero-order valence-corrected chi connectivity index (χ0v) is 7.33. The zero-order chi connectivity index (χ0) is 8.67. The highest BCUT2D eigenvalue weighted by atomic mass is 14.9. The van der Waals surface area contributed by atoms with E-state index in [1.165, 1.54) is 12.8 Å². The van der Waals surface area contributed by atoms with Gasteiger partial charge in [0.05, 0.1) is 17.2 Å². The number of nitrogens with one attached hydrogen (secondary N) is 1. The fourth-order valence-electron chi connectivity index (χ4n) is 1.60. The molecule has 0 bridgehead atoms. The van der Waals surface area contributed by atoms with Gasteiger partial charge in [-0.25, -0.2) is 4.98 Å². The molecule has 0 amide bonds. The van der Waals surface area contributed by atoms with Gasteiger partial charge in [0.25, 0.3) is 0 Å². The smallest absolute Gasteiger partial charge is 0.107 e. The number of pyridine rings is 1. The molecule has 0 saturated heterocycles. The van der Waals surface area contributed by atoms with Crippen LogP contribution in [0.5, 0.6) is 0 Å². The van der Waals surface area contributed by atoms with Crippen LogP contribution in [0.1, 0.15) is 18.7 Å². The van der Waals surface area contributed by atoms with Gasteiger partial charge in [-0.3, -0.25) is 4.98 Å². The standard InChI is InChI=1S/C10H11N3/c1-2-7(1)5-10-12-8-3-4-11-6-9(8)13-10/h3-4,6-7H,1-2,5H2,(H,12,13). The number of rotatable bonds is 2. The van der Waals surface area contributed by atoms with E-state index in [1.54, 1.807) is 6.20 Å². The van der Waals surface area contributed by atoms with E-state index >= 15 is 0 Å². The molecule has 0 aromatic carbocycles. The Morgan fingerprint density at radius 1 is 1.46 bits per heavy atom.